The minimum absolute atomic E-state index is 0.156. The van der Waals surface area contributed by atoms with Crippen molar-refractivity contribution in [3.8, 4) is 0 Å². The van der Waals surface area contributed by atoms with Crippen LogP contribution in [0.15, 0.2) is 47.1 Å². The van der Waals surface area contributed by atoms with Gasteiger partial charge in [-0.05, 0) is 43.3 Å². The van der Waals surface area contributed by atoms with Crippen LogP contribution in [0.4, 0.5) is 11.4 Å². The molecule has 78 valence electrons. The summed E-state index contributed by atoms with van der Waals surface area (Å²) in [5, 5.41) is 3.32. The fraction of sp³-hybridized carbons (Fsp3) is 0.167. The molecule has 0 aliphatic heterocycles. The third-order valence-electron chi connectivity index (χ3n) is 2.26. The average Bonchev–Trinajstić information content (AvgIpc) is 2.74. The summed E-state index contributed by atoms with van der Waals surface area (Å²) in [5.74, 6) is 0.923. The summed E-state index contributed by atoms with van der Waals surface area (Å²) in [5.41, 5.74) is 7.41. The van der Waals surface area contributed by atoms with E-state index in [1.165, 1.54) is 0 Å². The summed E-state index contributed by atoms with van der Waals surface area (Å²) in [7, 11) is 0. The molecule has 0 aliphatic rings. The second kappa shape index (κ2) is 4.09. The monoisotopic (exact) mass is 202 g/mol. The lowest BCUT2D eigenvalue weighted by atomic mass is 10.2. The lowest BCUT2D eigenvalue weighted by molar-refractivity contribution is 0.490. The SMILES string of the molecule is CC(Nc1ccc(N)cc1)c1ccco1. The van der Waals surface area contributed by atoms with Gasteiger partial charge < -0.3 is 15.5 Å². The molecule has 0 bridgehead atoms. The topological polar surface area (TPSA) is 51.2 Å². The summed E-state index contributed by atoms with van der Waals surface area (Å²) in [4.78, 5) is 0. The highest BCUT2D eigenvalue weighted by Crippen LogP contribution is 2.19. The second-order valence-corrected chi connectivity index (χ2v) is 3.50. The maximum Gasteiger partial charge on any atom is 0.125 e. The van der Waals surface area contributed by atoms with Crippen molar-refractivity contribution in [3.05, 3.63) is 48.4 Å². The van der Waals surface area contributed by atoms with Gasteiger partial charge in [-0.25, -0.2) is 0 Å². The predicted octanol–water partition coefficient (Wildman–Crippen LogP) is 3.03. The van der Waals surface area contributed by atoms with Crippen molar-refractivity contribution < 1.29 is 4.42 Å². The second-order valence-electron chi connectivity index (χ2n) is 3.50. The Labute approximate surface area is 88.9 Å². The van der Waals surface area contributed by atoms with Crippen LogP contribution in [0.2, 0.25) is 0 Å². The number of anilines is 2. The van der Waals surface area contributed by atoms with Crippen molar-refractivity contribution >= 4 is 11.4 Å². The molecule has 0 saturated carbocycles. The zero-order valence-corrected chi connectivity index (χ0v) is 8.60. The molecule has 1 atom stereocenters. The Kier molecular flexibility index (Phi) is 2.63. The third kappa shape index (κ3) is 2.31. The first-order valence-corrected chi connectivity index (χ1v) is 4.91. The lowest BCUT2D eigenvalue weighted by Gasteiger charge is -2.12. The minimum atomic E-state index is 0.156. The number of nitrogens with two attached hydrogens (primary N) is 1. The zero-order valence-electron chi connectivity index (χ0n) is 8.60. The Bertz CT molecular complexity index is 406. The number of nitrogens with one attached hydrogen (secondary N) is 1. The van der Waals surface area contributed by atoms with E-state index < -0.39 is 0 Å². The molecular formula is C12H14N2O. The average molecular weight is 202 g/mol. The number of hydrogen-bond acceptors (Lipinski definition) is 3. The molecular weight excluding hydrogens is 188 g/mol. The molecule has 2 rings (SSSR count). The lowest BCUT2D eigenvalue weighted by Crippen LogP contribution is -2.05. The van der Waals surface area contributed by atoms with Crippen LogP contribution < -0.4 is 11.1 Å². The molecule has 0 saturated heterocycles. The van der Waals surface area contributed by atoms with Crippen molar-refractivity contribution in [3.63, 3.8) is 0 Å². The Morgan fingerprint density at radius 1 is 1.20 bits per heavy atom. The van der Waals surface area contributed by atoms with E-state index in [4.69, 9.17) is 10.2 Å². The third-order valence-corrected chi connectivity index (χ3v) is 2.26. The van der Waals surface area contributed by atoms with Gasteiger partial charge in [0.25, 0.3) is 0 Å². The van der Waals surface area contributed by atoms with Crippen LogP contribution in [0, 0.1) is 0 Å². The minimum Gasteiger partial charge on any atom is -0.467 e. The molecule has 3 N–H and O–H groups in total. The first kappa shape index (κ1) is 9.65. The maximum absolute atomic E-state index is 5.61. The van der Waals surface area contributed by atoms with Gasteiger partial charge >= 0.3 is 0 Å². The predicted molar refractivity (Wildman–Crippen MR) is 61.6 cm³/mol. The Balaban J connectivity index is 2.06. The standard InChI is InChI=1S/C12H14N2O/c1-9(12-3-2-8-15-12)14-11-6-4-10(13)5-7-11/h2-9,14H,13H2,1H3. The first-order chi connectivity index (χ1) is 7.25. The van der Waals surface area contributed by atoms with Crippen molar-refractivity contribution in [2.24, 2.45) is 0 Å². The molecule has 3 nitrogen and oxygen atoms in total. The molecule has 3 heteroatoms. The zero-order chi connectivity index (χ0) is 10.7. The van der Waals surface area contributed by atoms with Gasteiger partial charge in [0.2, 0.25) is 0 Å². The Morgan fingerprint density at radius 3 is 2.53 bits per heavy atom. The van der Waals surface area contributed by atoms with E-state index in [1.807, 2.05) is 36.4 Å². The van der Waals surface area contributed by atoms with E-state index in [2.05, 4.69) is 12.2 Å². The van der Waals surface area contributed by atoms with E-state index in [9.17, 15) is 0 Å². The van der Waals surface area contributed by atoms with E-state index in [0.717, 1.165) is 17.1 Å². The summed E-state index contributed by atoms with van der Waals surface area (Å²) in [6.45, 7) is 2.05. The fourth-order valence-electron chi connectivity index (χ4n) is 1.44. The van der Waals surface area contributed by atoms with Crippen molar-refractivity contribution in [1.82, 2.24) is 0 Å². The van der Waals surface area contributed by atoms with Crippen LogP contribution in [0.1, 0.15) is 18.7 Å². The molecule has 1 unspecified atom stereocenters. The smallest absolute Gasteiger partial charge is 0.125 e. The molecule has 0 aliphatic carbocycles. The van der Waals surface area contributed by atoms with Gasteiger partial charge in [-0.2, -0.15) is 0 Å². The molecule has 2 aromatic rings. The quantitative estimate of drug-likeness (QED) is 0.752. The number of rotatable bonds is 3. The molecule has 0 radical (unpaired) electrons. The van der Waals surface area contributed by atoms with E-state index >= 15 is 0 Å². The molecule has 1 heterocycles. The van der Waals surface area contributed by atoms with Gasteiger partial charge in [-0.15, -0.1) is 0 Å². The molecule has 15 heavy (non-hydrogen) atoms. The van der Waals surface area contributed by atoms with Gasteiger partial charge in [-0.1, -0.05) is 0 Å². The summed E-state index contributed by atoms with van der Waals surface area (Å²) >= 11 is 0. The van der Waals surface area contributed by atoms with E-state index in [1.54, 1.807) is 6.26 Å². The van der Waals surface area contributed by atoms with Crippen LogP contribution in [0.5, 0.6) is 0 Å². The summed E-state index contributed by atoms with van der Waals surface area (Å²) in [6, 6.07) is 11.6. The molecule has 1 aromatic carbocycles. The van der Waals surface area contributed by atoms with Crippen molar-refractivity contribution in [2.45, 2.75) is 13.0 Å². The normalized spacial score (nSPS) is 12.3. The largest absolute Gasteiger partial charge is 0.467 e. The van der Waals surface area contributed by atoms with Crippen LogP contribution in [0.3, 0.4) is 0 Å². The summed E-state index contributed by atoms with van der Waals surface area (Å²) < 4.78 is 5.30. The Morgan fingerprint density at radius 2 is 1.93 bits per heavy atom. The van der Waals surface area contributed by atoms with Crippen LogP contribution in [-0.2, 0) is 0 Å². The highest BCUT2D eigenvalue weighted by molar-refractivity contribution is 5.51. The van der Waals surface area contributed by atoms with Crippen LogP contribution >= 0.6 is 0 Å². The molecule has 0 spiro atoms. The molecule has 0 fully saturated rings. The number of benzene rings is 1. The fourth-order valence-corrected chi connectivity index (χ4v) is 1.44. The molecule has 1 aromatic heterocycles. The number of hydrogen-bond donors (Lipinski definition) is 2. The summed E-state index contributed by atoms with van der Waals surface area (Å²) in [6.07, 6.45) is 1.68. The van der Waals surface area contributed by atoms with Crippen LogP contribution in [0.25, 0.3) is 0 Å². The van der Waals surface area contributed by atoms with Crippen molar-refractivity contribution in [1.29, 1.82) is 0 Å². The van der Waals surface area contributed by atoms with Gasteiger partial charge in [0.05, 0.1) is 12.3 Å². The van der Waals surface area contributed by atoms with Gasteiger partial charge in [0.15, 0.2) is 0 Å². The number of nitrogen functional groups attached to an aromatic ring is 1. The van der Waals surface area contributed by atoms with Crippen molar-refractivity contribution in [2.75, 3.05) is 11.1 Å². The highest BCUT2D eigenvalue weighted by Gasteiger charge is 2.06. The maximum atomic E-state index is 5.61. The van der Waals surface area contributed by atoms with Gasteiger partial charge in [-0.3, -0.25) is 0 Å². The number of furan rings is 1. The van der Waals surface area contributed by atoms with Crippen LogP contribution in [-0.4, -0.2) is 0 Å². The van der Waals surface area contributed by atoms with Gasteiger partial charge in [0, 0.05) is 11.4 Å². The first-order valence-electron chi connectivity index (χ1n) is 4.91. The molecule has 0 amide bonds. The van der Waals surface area contributed by atoms with E-state index in [-0.39, 0.29) is 6.04 Å². The Hall–Kier alpha value is -1.90. The highest BCUT2D eigenvalue weighted by atomic mass is 16.3. The van der Waals surface area contributed by atoms with E-state index in [0.29, 0.717) is 0 Å². The van der Waals surface area contributed by atoms with Gasteiger partial charge in [0.1, 0.15) is 5.76 Å².